The first kappa shape index (κ1) is 16.6. The first-order valence-electron chi connectivity index (χ1n) is 9.38. The van der Waals surface area contributed by atoms with E-state index in [1.54, 1.807) is 0 Å². The van der Waals surface area contributed by atoms with Crippen LogP contribution in [0.4, 0.5) is 5.69 Å². The number of amides is 1. The molecule has 3 aliphatic rings. The minimum Gasteiger partial charge on any atom is -0.492 e. The highest BCUT2D eigenvalue weighted by molar-refractivity contribution is 6.01. The summed E-state index contributed by atoms with van der Waals surface area (Å²) < 4.78 is 11.2. The van der Waals surface area contributed by atoms with Crippen molar-refractivity contribution < 1.29 is 14.3 Å². The average Bonchev–Trinajstić information content (AvgIpc) is 2.99. The van der Waals surface area contributed by atoms with Crippen LogP contribution >= 0.6 is 0 Å². The topological polar surface area (TPSA) is 42.0 Å². The van der Waals surface area contributed by atoms with Crippen molar-refractivity contribution in [3.05, 3.63) is 35.5 Å². The Morgan fingerprint density at radius 3 is 2.60 bits per heavy atom. The molecule has 0 saturated carbocycles. The van der Waals surface area contributed by atoms with Crippen molar-refractivity contribution in [2.45, 2.75) is 32.1 Å². The zero-order valence-electron chi connectivity index (χ0n) is 14.7. The van der Waals surface area contributed by atoms with Crippen LogP contribution < -0.4 is 9.64 Å². The van der Waals surface area contributed by atoms with E-state index >= 15 is 0 Å². The van der Waals surface area contributed by atoms with Gasteiger partial charge in [-0.2, -0.15) is 0 Å². The molecule has 0 spiro atoms. The van der Waals surface area contributed by atoms with Crippen molar-refractivity contribution in [2.75, 3.05) is 44.4 Å². The van der Waals surface area contributed by atoms with Crippen LogP contribution in [0.2, 0.25) is 0 Å². The van der Waals surface area contributed by atoms with Gasteiger partial charge in [-0.05, 0) is 55.5 Å². The number of hydrogen-bond donors (Lipinski definition) is 0. The van der Waals surface area contributed by atoms with Gasteiger partial charge in [0.05, 0.1) is 19.6 Å². The summed E-state index contributed by atoms with van der Waals surface area (Å²) in [6, 6.07) is 7.96. The molecule has 0 bridgehead atoms. The first-order valence-corrected chi connectivity index (χ1v) is 9.38. The van der Waals surface area contributed by atoms with Crippen molar-refractivity contribution in [3.8, 4) is 5.75 Å². The van der Waals surface area contributed by atoms with Crippen molar-refractivity contribution in [3.63, 3.8) is 0 Å². The van der Waals surface area contributed by atoms with Crippen LogP contribution in [0.3, 0.4) is 0 Å². The molecule has 1 fully saturated rings. The van der Waals surface area contributed by atoms with Crippen molar-refractivity contribution in [1.82, 2.24) is 4.90 Å². The lowest BCUT2D eigenvalue weighted by Crippen LogP contribution is -2.38. The van der Waals surface area contributed by atoms with Crippen LogP contribution in [0.15, 0.2) is 35.5 Å². The lowest BCUT2D eigenvalue weighted by Gasteiger charge is -2.26. The highest BCUT2D eigenvalue weighted by Crippen LogP contribution is 2.38. The summed E-state index contributed by atoms with van der Waals surface area (Å²) in [5, 5.41) is 0. The zero-order valence-corrected chi connectivity index (χ0v) is 14.7. The molecule has 2 heterocycles. The maximum Gasteiger partial charge on any atom is 0.235 e. The summed E-state index contributed by atoms with van der Waals surface area (Å²) in [4.78, 5) is 16.7. The molecule has 2 aliphatic heterocycles. The van der Waals surface area contributed by atoms with Crippen molar-refractivity contribution in [2.24, 2.45) is 0 Å². The van der Waals surface area contributed by atoms with Crippen LogP contribution in [0.5, 0.6) is 5.75 Å². The SMILES string of the molecule is O=C1CC2=C(CCCC2)N1c1ccc(OCCN2CCOCC2)cc1. The molecule has 1 aromatic carbocycles. The highest BCUT2D eigenvalue weighted by Gasteiger charge is 2.32. The van der Waals surface area contributed by atoms with Crippen LogP contribution in [-0.2, 0) is 9.53 Å². The Morgan fingerprint density at radius 1 is 1.04 bits per heavy atom. The maximum atomic E-state index is 12.4. The van der Waals surface area contributed by atoms with E-state index in [4.69, 9.17) is 9.47 Å². The van der Waals surface area contributed by atoms with Crippen LogP contribution in [-0.4, -0.2) is 50.3 Å². The lowest BCUT2D eigenvalue weighted by atomic mass is 9.96. The number of nitrogens with zero attached hydrogens (tertiary/aromatic N) is 2. The molecule has 0 unspecified atom stereocenters. The van der Waals surface area contributed by atoms with E-state index in [0.29, 0.717) is 13.0 Å². The molecule has 1 amide bonds. The Balaban J connectivity index is 1.35. The van der Waals surface area contributed by atoms with Gasteiger partial charge in [-0.25, -0.2) is 0 Å². The molecular weight excluding hydrogens is 316 g/mol. The Hall–Kier alpha value is -1.85. The van der Waals surface area contributed by atoms with Gasteiger partial charge in [0.25, 0.3) is 0 Å². The van der Waals surface area contributed by atoms with E-state index < -0.39 is 0 Å². The zero-order chi connectivity index (χ0) is 17.1. The van der Waals surface area contributed by atoms with E-state index in [1.807, 2.05) is 29.2 Å². The Morgan fingerprint density at radius 2 is 1.80 bits per heavy atom. The molecular formula is C20H26N2O3. The van der Waals surface area contributed by atoms with Gasteiger partial charge in [0.1, 0.15) is 12.4 Å². The summed E-state index contributed by atoms with van der Waals surface area (Å²) in [5.74, 6) is 1.08. The minimum atomic E-state index is 0.216. The number of allylic oxidation sites excluding steroid dienone is 1. The number of ether oxygens (including phenoxy) is 2. The normalized spacial score (nSPS) is 21.6. The fraction of sp³-hybridized carbons (Fsp3) is 0.550. The molecule has 134 valence electrons. The first-order chi connectivity index (χ1) is 12.3. The van der Waals surface area contributed by atoms with Gasteiger partial charge in [0, 0.05) is 31.0 Å². The van der Waals surface area contributed by atoms with Crippen molar-refractivity contribution in [1.29, 1.82) is 0 Å². The summed E-state index contributed by atoms with van der Waals surface area (Å²) in [5.41, 5.74) is 3.57. The molecule has 1 aliphatic carbocycles. The minimum absolute atomic E-state index is 0.216. The molecule has 0 aromatic heterocycles. The highest BCUT2D eigenvalue weighted by atomic mass is 16.5. The molecule has 1 saturated heterocycles. The summed E-state index contributed by atoms with van der Waals surface area (Å²) in [7, 11) is 0. The van der Waals surface area contributed by atoms with Crippen LogP contribution in [0.1, 0.15) is 32.1 Å². The number of morpholine rings is 1. The van der Waals surface area contributed by atoms with Crippen LogP contribution in [0, 0.1) is 0 Å². The van der Waals surface area contributed by atoms with Gasteiger partial charge in [0.2, 0.25) is 5.91 Å². The smallest absolute Gasteiger partial charge is 0.235 e. The van der Waals surface area contributed by atoms with Gasteiger partial charge in [-0.3, -0.25) is 14.6 Å². The molecule has 25 heavy (non-hydrogen) atoms. The predicted molar refractivity (Wildman–Crippen MR) is 96.8 cm³/mol. The molecule has 5 heteroatoms. The molecule has 5 nitrogen and oxygen atoms in total. The van der Waals surface area contributed by atoms with Gasteiger partial charge >= 0.3 is 0 Å². The standard InChI is InChI=1S/C20H26N2O3/c23-20-15-16-3-1-2-4-19(16)22(20)17-5-7-18(8-6-17)25-14-11-21-9-12-24-13-10-21/h5-8H,1-4,9-15H2. The Kier molecular flexibility index (Phi) is 5.04. The Bertz CT molecular complexity index is 647. The van der Waals surface area contributed by atoms with Gasteiger partial charge in [-0.15, -0.1) is 0 Å². The van der Waals surface area contributed by atoms with E-state index in [-0.39, 0.29) is 5.91 Å². The van der Waals surface area contributed by atoms with Gasteiger partial charge in [0.15, 0.2) is 0 Å². The number of rotatable bonds is 5. The number of carbonyl (C=O) groups is 1. The summed E-state index contributed by atoms with van der Waals surface area (Å²) in [6.45, 7) is 5.20. The van der Waals surface area contributed by atoms with E-state index in [0.717, 1.165) is 57.1 Å². The van der Waals surface area contributed by atoms with E-state index in [1.165, 1.54) is 24.1 Å². The van der Waals surface area contributed by atoms with Gasteiger partial charge in [-0.1, -0.05) is 0 Å². The average molecular weight is 342 g/mol. The lowest BCUT2D eigenvalue weighted by molar-refractivity contribution is -0.116. The number of hydrogen-bond acceptors (Lipinski definition) is 4. The molecule has 0 radical (unpaired) electrons. The maximum absolute atomic E-state index is 12.4. The Labute approximate surface area is 149 Å². The van der Waals surface area contributed by atoms with E-state index in [9.17, 15) is 4.79 Å². The molecule has 0 N–H and O–H groups in total. The number of benzene rings is 1. The molecule has 0 atom stereocenters. The monoisotopic (exact) mass is 342 g/mol. The summed E-state index contributed by atoms with van der Waals surface area (Å²) in [6.07, 6.45) is 5.12. The second-order valence-corrected chi connectivity index (χ2v) is 6.96. The fourth-order valence-electron chi connectivity index (χ4n) is 3.93. The molecule has 4 rings (SSSR count). The van der Waals surface area contributed by atoms with E-state index in [2.05, 4.69) is 4.90 Å². The largest absolute Gasteiger partial charge is 0.492 e. The fourth-order valence-corrected chi connectivity index (χ4v) is 3.93. The predicted octanol–water partition coefficient (Wildman–Crippen LogP) is 2.96. The van der Waals surface area contributed by atoms with Crippen LogP contribution in [0.25, 0.3) is 0 Å². The third-order valence-electron chi connectivity index (χ3n) is 5.31. The second-order valence-electron chi connectivity index (χ2n) is 6.96. The quantitative estimate of drug-likeness (QED) is 0.825. The van der Waals surface area contributed by atoms with Crippen molar-refractivity contribution >= 4 is 11.6 Å². The van der Waals surface area contributed by atoms with Gasteiger partial charge < -0.3 is 9.47 Å². The number of carbonyl (C=O) groups excluding carboxylic acids is 1. The molecule has 1 aromatic rings. The number of anilines is 1. The summed E-state index contributed by atoms with van der Waals surface area (Å²) >= 11 is 0. The second kappa shape index (κ2) is 7.58. The third-order valence-corrected chi connectivity index (χ3v) is 5.31. The third kappa shape index (κ3) is 3.72.